The number of amides is 1. The summed E-state index contributed by atoms with van der Waals surface area (Å²) in [5, 5.41) is 6.95. The van der Waals surface area contributed by atoms with Crippen molar-refractivity contribution in [3.05, 3.63) is 34.2 Å². The molecule has 0 spiro atoms. The summed E-state index contributed by atoms with van der Waals surface area (Å²) in [4.78, 5) is 18.2. The van der Waals surface area contributed by atoms with Crippen molar-refractivity contribution in [2.75, 3.05) is 18.4 Å². The van der Waals surface area contributed by atoms with E-state index in [-0.39, 0.29) is 24.2 Å². The highest BCUT2D eigenvalue weighted by Gasteiger charge is 2.29. The Morgan fingerprint density at radius 3 is 2.80 bits per heavy atom. The molecule has 2 aromatic rings. The molecule has 25 heavy (non-hydrogen) atoms. The SMILES string of the molecule is Cc1sc(NC(=O)C(C)C2CNC2)nc1-c1ccc2c(c1)CCC2.Cl. The molecule has 2 N–H and O–H groups in total. The second kappa shape index (κ2) is 7.44. The third-order valence-electron chi connectivity index (χ3n) is 5.33. The molecule has 0 bridgehead atoms. The fourth-order valence-corrected chi connectivity index (χ4v) is 4.37. The van der Waals surface area contributed by atoms with Gasteiger partial charge in [-0.2, -0.15) is 0 Å². The lowest BCUT2D eigenvalue weighted by Crippen LogP contribution is -2.48. The van der Waals surface area contributed by atoms with Crippen molar-refractivity contribution in [2.24, 2.45) is 11.8 Å². The van der Waals surface area contributed by atoms with Gasteiger partial charge in [0.15, 0.2) is 5.13 Å². The highest BCUT2D eigenvalue weighted by atomic mass is 35.5. The van der Waals surface area contributed by atoms with E-state index in [1.54, 1.807) is 11.3 Å². The number of carbonyl (C=O) groups excluding carboxylic acids is 1. The van der Waals surface area contributed by atoms with E-state index in [4.69, 9.17) is 4.98 Å². The van der Waals surface area contributed by atoms with Gasteiger partial charge < -0.3 is 10.6 Å². The van der Waals surface area contributed by atoms with Crippen LogP contribution in [0.3, 0.4) is 0 Å². The van der Waals surface area contributed by atoms with Crippen LogP contribution in [0.4, 0.5) is 5.13 Å². The van der Waals surface area contributed by atoms with Crippen molar-refractivity contribution in [3.63, 3.8) is 0 Å². The third-order valence-corrected chi connectivity index (χ3v) is 6.22. The molecule has 1 unspecified atom stereocenters. The maximum Gasteiger partial charge on any atom is 0.229 e. The highest BCUT2D eigenvalue weighted by Crippen LogP contribution is 2.33. The Morgan fingerprint density at radius 2 is 2.08 bits per heavy atom. The van der Waals surface area contributed by atoms with E-state index in [1.165, 1.54) is 36.0 Å². The van der Waals surface area contributed by atoms with E-state index in [1.807, 2.05) is 6.92 Å². The first kappa shape index (κ1) is 18.4. The summed E-state index contributed by atoms with van der Waals surface area (Å²) in [6.07, 6.45) is 3.62. The average molecular weight is 378 g/mol. The summed E-state index contributed by atoms with van der Waals surface area (Å²) in [7, 11) is 0. The van der Waals surface area contributed by atoms with Gasteiger partial charge in [-0.3, -0.25) is 4.79 Å². The van der Waals surface area contributed by atoms with Crippen molar-refractivity contribution >= 4 is 34.8 Å². The fourth-order valence-electron chi connectivity index (χ4n) is 3.53. The zero-order valence-corrected chi connectivity index (χ0v) is 16.2. The molecule has 0 saturated carbocycles. The first-order chi connectivity index (χ1) is 11.6. The predicted molar refractivity (Wildman–Crippen MR) is 106 cm³/mol. The number of aryl methyl sites for hydroxylation is 3. The van der Waals surface area contributed by atoms with Crippen molar-refractivity contribution in [1.82, 2.24) is 10.3 Å². The molecular weight excluding hydrogens is 354 g/mol. The molecule has 4 nitrogen and oxygen atoms in total. The van der Waals surface area contributed by atoms with Crippen molar-refractivity contribution in [1.29, 1.82) is 0 Å². The summed E-state index contributed by atoms with van der Waals surface area (Å²) < 4.78 is 0. The molecule has 1 fully saturated rings. The van der Waals surface area contributed by atoms with Gasteiger partial charge in [0.25, 0.3) is 0 Å². The van der Waals surface area contributed by atoms with Gasteiger partial charge in [0.05, 0.1) is 5.69 Å². The summed E-state index contributed by atoms with van der Waals surface area (Å²) in [6, 6.07) is 6.68. The first-order valence-corrected chi connectivity index (χ1v) is 9.54. The molecule has 1 amide bonds. The van der Waals surface area contributed by atoms with Crippen LogP contribution in [0.1, 0.15) is 29.3 Å². The lowest BCUT2D eigenvalue weighted by molar-refractivity contribution is -0.121. The zero-order chi connectivity index (χ0) is 16.7. The van der Waals surface area contributed by atoms with Gasteiger partial charge in [-0.05, 0) is 62.4 Å². The molecule has 1 aromatic carbocycles. The van der Waals surface area contributed by atoms with E-state index in [0.29, 0.717) is 11.0 Å². The van der Waals surface area contributed by atoms with Gasteiger partial charge >= 0.3 is 0 Å². The zero-order valence-electron chi connectivity index (χ0n) is 14.6. The second-order valence-corrected chi connectivity index (χ2v) is 8.16. The molecule has 1 atom stereocenters. The Balaban J connectivity index is 0.00000182. The van der Waals surface area contributed by atoms with E-state index >= 15 is 0 Å². The number of halogens is 1. The lowest BCUT2D eigenvalue weighted by Gasteiger charge is -2.31. The summed E-state index contributed by atoms with van der Waals surface area (Å²) in [5.74, 6) is 0.553. The molecule has 1 aliphatic carbocycles. The standard InChI is InChI=1S/C19H23N3OS.ClH/c1-11(16-9-20-10-16)18(23)22-19-21-17(12(2)24-19)15-7-6-13-4-3-5-14(13)8-15;/h6-8,11,16,20H,3-5,9-10H2,1-2H3,(H,21,22,23);1H. The highest BCUT2D eigenvalue weighted by molar-refractivity contribution is 7.16. The van der Waals surface area contributed by atoms with Crippen LogP contribution in [0.2, 0.25) is 0 Å². The Kier molecular flexibility index (Phi) is 5.46. The van der Waals surface area contributed by atoms with E-state index in [0.717, 1.165) is 23.7 Å². The molecular formula is C19H24ClN3OS. The van der Waals surface area contributed by atoms with Crippen molar-refractivity contribution < 1.29 is 4.79 Å². The minimum absolute atomic E-state index is 0. The smallest absolute Gasteiger partial charge is 0.229 e. The summed E-state index contributed by atoms with van der Waals surface area (Å²) >= 11 is 1.57. The average Bonchev–Trinajstić information content (AvgIpc) is 3.10. The maximum atomic E-state index is 12.4. The van der Waals surface area contributed by atoms with Crippen LogP contribution in [-0.2, 0) is 17.6 Å². The number of anilines is 1. The first-order valence-electron chi connectivity index (χ1n) is 8.73. The molecule has 2 aliphatic rings. The quantitative estimate of drug-likeness (QED) is 0.851. The topological polar surface area (TPSA) is 54.0 Å². The summed E-state index contributed by atoms with van der Waals surface area (Å²) in [5.41, 5.74) is 5.10. The molecule has 1 aliphatic heterocycles. The Labute approximate surface area is 158 Å². The van der Waals surface area contributed by atoms with Gasteiger partial charge in [0, 0.05) is 16.4 Å². The van der Waals surface area contributed by atoms with Gasteiger partial charge in [-0.1, -0.05) is 19.1 Å². The number of carbonyl (C=O) groups is 1. The van der Waals surface area contributed by atoms with E-state index in [2.05, 4.69) is 35.8 Å². The van der Waals surface area contributed by atoms with E-state index in [9.17, 15) is 4.79 Å². The number of hydrogen-bond donors (Lipinski definition) is 2. The van der Waals surface area contributed by atoms with E-state index < -0.39 is 0 Å². The minimum Gasteiger partial charge on any atom is -0.316 e. The number of thiazole rings is 1. The maximum absolute atomic E-state index is 12.4. The van der Waals surface area contributed by atoms with Crippen LogP contribution in [0.15, 0.2) is 18.2 Å². The Morgan fingerprint density at radius 1 is 1.32 bits per heavy atom. The van der Waals surface area contributed by atoms with Crippen LogP contribution in [0, 0.1) is 18.8 Å². The van der Waals surface area contributed by atoms with Gasteiger partial charge in [0.1, 0.15) is 0 Å². The molecule has 1 aromatic heterocycles. The van der Waals surface area contributed by atoms with Gasteiger partial charge in [0.2, 0.25) is 5.91 Å². The fraction of sp³-hybridized carbons (Fsp3) is 0.474. The number of aromatic nitrogens is 1. The lowest BCUT2D eigenvalue weighted by atomic mass is 9.88. The van der Waals surface area contributed by atoms with Crippen LogP contribution < -0.4 is 10.6 Å². The molecule has 2 heterocycles. The molecule has 1 saturated heterocycles. The van der Waals surface area contributed by atoms with Crippen LogP contribution in [0.25, 0.3) is 11.3 Å². The van der Waals surface area contributed by atoms with Crippen molar-refractivity contribution in [3.8, 4) is 11.3 Å². The van der Waals surface area contributed by atoms with Gasteiger partial charge in [-0.25, -0.2) is 4.98 Å². The monoisotopic (exact) mass is 377 g/mol. The number of fused-ring (bicyclic) bond motifs is 1. The Hall–Kier alpha value is -1.43. The normalized spacial score (nSPS) is 17.4. The minimum atomic E-state index is 0. The van der Waals surface area contributed by atoms with Crippen molar-refractivity contribution in [2.45, 2.75) is 33.1 Å². The number of hydrogen-bond acceptors (Lipinski definition) is 4. The molecule has 4 rings (SSSR count). The molecule has 6 heteroatoms. The second-order valence-electron chi connectivity index (χ2n) is 6.96. The molecule has 134 valence electrons. The van der Waals surface area contributed by atoms with Crippen LogP contribution in [-0.4, -0.2) is 24.0 Å². The number of nitrogens with zero attached hydrogens (tertiary/aromatic N) is 1. The third kappa shape index (κ3) is 3.59. The molecule has 0 radical (unpaired) electrons. The number of benzene rings is 1. The predicted octanol–water partition coefficient (Wildman–Crippen LogP) is 3.82. The van der Waals surface area contributed by atoms with Crippen LogP contribution >= 0.6 is 23.7 Å². The largest absolute Gasteiger partial charge is 0.316 e. The number of nitrogens with one attached hydrogen (secondary N) is 2. The Bertz CT molecular complexity index is 785. The number of rotatable bonds is 4. The van der Waals surface area contributed by atoms with Gasteiger partial charge in [-0.15, -0.1) is 23.7 Å². The summed E-state index contributed by atoms with van der Waals surface area (Å²) in [6.45, 7) is 5.95. The van der Waals surface area contributed by atoms with Crippen LogP contribution in [0.5, 0.6) is 0 Å².